The molecule has 0 fully saturated rings. The van der Waals surface area contributed by atoms with Crippen LogP contribution in [0.3, 0.4) is 0 Å². The van der Waals surface area contributed by atoms with Gasteiger partial charge in [0.05, 0.1) is 6.54 Å². The van der Waals surface area contributed by atoms with Gasteiger partial charge in [-0.3, -0.25) is 0 Å². The van der Waals surface area contributed by atoms with Crippen LogP contribution in [0.25, 0.3) is 11.3 Å². The van der Waals surface area contributed by atoms with Crippen LogP contribution in [0.15, 0.2) is 84.9 Å². The summed E-state index contributed by atoms with van der Waals surface area (Å²) in [6, 6.07) is 28.6. The molecule has 4 aromatic rings. The second-order valence-corrected chi connectivity index (χ2v) is 7.40. The molecule has 0 bridgehead atoms. The average Bonchev–Trinajstić information content (AvgIpc) is 3.17. The van der Waals surface area contributed by atoms with Gasteiger partial charge in [-0.2, -0.15) is 15.0 Å². The van der Waals surface area contributed by atoms with Crippen LogP contribution < -0.4 is 5.32 Å². The number of hydrogen-bond acceptors (Lipinski definition) is 3. The van der Waals surface area contributed by atoms with Crippen molar-refractivity contribution < 1.29 is 0 Å². The van der Waals surface area contributed by atoms with Gasteiger partial charge in [-0.15, -0.1) is 0 Å². The van der Waals surface area contributed by atoms with Crippen molar-refractivity contribution in [2.24, 2.45) is 0 Å². The van der Waals surface area contributed by atoms with Crippen molar-refractivity contribution >= 4 is 11.6 Å². The number of hydrogen-bond donors (Lipinski definition) is 1. The zero-order valence-electron chi connectivity index (χ0n) is 16.3. The largest absolute Gasteiger partial charge is 0.304 e. The summed E-state index contributed by atoms with van der Waals surface area (Å²) < 4.78 is 0. The van der Waals surface area contributed by atoms with E-state index in [1.165, 1.54) is 5.56 Å². The zero-order chi connectivity index (χ0) is 20.1. The molecule has 1 heterocycles. The smallest absolute Gasteiger partial charge is 0.117 e. The topological polar surface area (TPSA) is 42.7 Å². The molecule has 1 atom stereocenters. The number of nitrogens with zero attached hydrogens (tertiary/aromatic N) is 3. The van der Waals surface area contributed by atoms with Gasteiger partial charge in [-0.05, 0) is 24.1 Å². The van der Waals surface area contributed by atoms with Crippen molar-refractivity contribution in [2.45, 2.75) is 26.1 Å². The minimum atomic E-state index is 0.216. The van der Waals surface area contributed by atoms with Crippen LogP contribution in [0.1, 0.15) is 29.8 Å². The number of benzene rings is 3. The molecule has 0 aliphatic rings. The molecule has 0 radical (unpaired) electrons. The Bertz CT molecular complexity index is 1060. The maximum Gasteiger partial charge on any atom is 0.117 e. The Labute approximate surface area is 176 Å². The third-order valence-corrected chi connectivity index (χ3v) is 5.29. The average molecular weight is 403 g/mol. The molecule has 0 saturated heterocycles. The number of halogens is 1. The van der Waals surface area contributed by atoms with Crippen LogP contribution in [-0.2, 0) is 13.1 Å². The van der Waals surface area contributed by atoms with E-state index in [2.05, 4.69) is 48.6 Å². The molecule has 29 heavy (non-hydrogen) atoms. The molecule has 1 aromatic heterocycles. The van der Waals surface area contributed by atoms with Crippen molar-refractivity contribution in [3.05, 3.63) is 107 Å². The van der Waals surface area contributed by atoms with E-state index in [9.17, 15) is 0 Å². The van der Waals surface area contributed by atoms with E-state index in [0.29, 0.717) is 13.1 Å². The molecular formula is C24H23ClN4. The van der Waals surface area contributed by atoms with Crippen molar-refractivity contribution in [1.29, 1.82) is 0 Å². The van der Waals surface area contributed by atoms with Gasteiger partial charge >= 0.3 is 0 Å². The van der Waals surface area contributed by atoms with Gasteiger partial charge in [0.15, 0.2) is 0 Å². The van der Waals surface area contributed by atoms with E-state index in [1.54, 1.807) is 4.80 Å². The lowest BCUT2D eigenvalue weighted by Gasteiger charge is -2.13. The van der Waals surface area contributed by atoms with Gasteiger partial charge in [0.25, 0.3) is 0 Å². The highest BCUT2D eigenvalue weighted by Gasteiger charge is 2.15. The summed E-state index contributed by atoms with van der Waals surface area (Å²) in [5.41, 5.74) is 5.12. The monoisotopic (exact) mass is 402 g/mol. The molecule has 1 N–H and O–H groups in total. The number of rotatable bonds is 7. The Balaban J connectivity index is 1.59. The van der Waals surface area contributed by atoms with E-state index >= 15 is 0 Å². The van der Waals surface area contributed by atoms with Crippen LogP contribution >= 0.6 is 11.6 Å². The third kappa shape index (κ3) is 4.73. The SMILES string of the molecule is C[C@@H](NCc1nn(Cc2ccccc2Cl)nc1-c1ccccc1)c1ccccc1. The van der Waals surface area contributed by atoms with E-state index < -0.39 is 0 Å². The fourth-order valence-electron chi connectivity index (χ4n) is 3.28. The predicted molar refractivity (Wildman–Crippen MR) is 118 cm³/mol. The first-order valence-electron chi connectivity index (χ1n) is 9.72. The summed E-state index contributed by atoms with van der Waals surface area (Å²) in [5.74, 6) is 0. The van der Waals surface area contributed by atoms with Gasteiger partial charge in [0.2, 0.25) is 0 Å². The first-order valence-corrected chi connectivity index (χ1v) is 10.1. The molecule has 3 aromatic carbocycles. The Kier molecular flexibility index (Phi) is 6.03. The van der Waals surface area contributed by atoms with Gasteiger partial charge < -0.3 is 5.32 Å². The molecule has 4 rings (SSSR count). The number of aromatic nitrogens is 3. The summed E-state index contributed by atoms with van der Waals surface area (Å²) in [6.07, 6.45) is 0. The fourth-order valence-corrected chi connectivity index (χ4v) is 3.48. The Hall–Kier alpha value is -2.95. The highest BCUT2D eigenvalue weighted by atomic mass is 35.5. The molecule has 0 aliphatic heterocycles. The first kappa shape index (κ1) is 19.4. The zero-order valence-corrected chi connectivity index (χ0v) is 17.1. The van der Waals surface area contributed by atoms with Gasteiger partial charge in [-0.1, -0.05) is 90.5 Å². The molecule has 5 heteroatoms. The summed E-state index contributed by atoms with van der Waals surface area (Å²) >= 11 is 6.33. The standard InChI is InChI=1S/C24H23ClN4/c1-18(19-10-4-2-5-11-19)26-16-23-24(20-12-6-3-7-13-20)28-29(27-23)17-21-14-8-9-15-22(21)25/h2-15,18,26H,16-17H2,1H3/t18-/m1/s1. The first-order chi connectivity index (χ1) is 14.2. The Morgan fingerprint density at radius 1 is 0.862 bits per heavy atom. The second-order valence-electron chi connectivity index (χ2n) is 7.00. The second kappa shape index (κ2) is 9.03. The maximum atomic E-state index is 6.33. The van der Waals surface area contributed by atoms with Crippen molar-refractivity contribution in [1.82, 2.24) is 20.3 Å². The normalized spacial score (nSPS) is 12.1. The molecule has 0 amide bonds. The molecule has 146 valence electrons. The summed E-state index contributed by atoms with van der Waals surface area (Å²) in [7, 11) is 0. The Morgan fingerprint density at radius 3 is 2.24 bits per heavy atom. The molecule has 0 saturated carbocycles. The molecule has 0 spiro atoms. The molecular weight excluding hydrogens is 380 g/mol. The minimum Gasteiger partial charge on any atom is -0.304 e. The van der Waals surface area contributed by atoms with E-state index in [4.69, 9.17) is 21.8 Å². The van der Waals surface area contributed by atoms with Crippen molar-refractivity contribution in [3.63, 3.8) is 0 Å². The lowest BCUT2D eigenvalue weighted by atomic mass is 10.1. The maximum absolute atomic E-state index is 6.33. The van der Waals surface area contributed by atoms with Gasteiger partial charge in [0.1, 0.15) is 11.4 Å². The van der Waals surface area contributed by atoms with Gasteiger partial charge in [-0.25, -0.2) is 0 Å². The molecule has 4 nitrogen and oxygen atoms in total. The van der Waals surface area contributed by atoms with Crippen molar-refractivity contribution in [2.75, 3.05) is 0 Å². The van der Waals surface area contributed by atoms with Crippen LogP contribution in [0.2, 0.25) is 5.02 Å². The molecule has 0 aliphatic carbocycles. The van der Waals surface area contributed by atoms with Crippen molar-refractivity contribution in [3.8, 4) is 11.3 Å². The van der Waals surface area contributed by atoms with Crippen LogP contribution in [0.4, 0.5) is 0 Å². The Morgan fingerprint density at radius 2 is 1.52 bits per heavy atom. The van der Waals surface area contributed by atoms with Crippen LogP contribution in [0, 0.1) is 0 Å². The highest BCUT2D eigenvalue weighted by Crippen LogP contribution is 2.22. The quantitative estimate of drug-likeness (QED) is 0.444. The van der Waals surface area contributed by atoms with Crippen LogP contribution in [0.5, 0.6) is 0 Å². The molecule has 0 unspecified atom stereocenters. The fraction of sp³-hybridized carbons (Fsp3) is 0.167. The summed E-state index contributed by atoms with van der Waals surface area (Å²) in [4.78, 5) is 1.73. The summed E-state index contributed by atoms with van der Waals surface area (Å²) in [6.45, 7) is 3.32. The minimum absolute atomic E-state index is 0.216. The lowest BCUT2D eigenvalue weighted by Crippen LogP contribution is -2.19. The lowest BCUT2D eigenvalue weighted by molar-refractivity contribution is 0.547. The highest BCUT2D eigenvalue weighted by molar-refractivity contribution is 6.31. The third-order valence-electron chi connectivity index (χ3n) is 4.92. The van der Waals surface area contributed by atoms with Gasteiger partial charge in [0, 0.05) is 23.2 Å². The number of nitrogens with one attached hydrogen (secondary N) is 1. The predicted octanol–water partition coefficient (Wildman–Crippen LogP) is 5.50. The van der Waals surface area contributed by atoms with E-state index in [1.807, 2.05) is 48.5 Å². The van der Waals surface area contributed by atoms with E-state index in [0.717, 1.165) is 27.5 Å². The summed E-state index contributed by atoms with van der Waals surface area (Å²) in [5, 5.41) is 13.8. The van der Waals surface area contributed by atoms with E-state index in [-0.39, 0.29) is 6.04 Å². The van der Waals surface area contributed by atoms with Crippen LogP contribution in [-0.4, -0.2) is 15.0 Å².